The van der Waals surface area contributed by atoms with Crippen molar-refractivity contribution < 1.29 is 19.1 Å². The van der Waals surface area contributed by atoms with Crippen LogP contribution in [0.1, 0.15) is 12.5 Å². The summed E-state index contributed by atoms with van der Waals surface area (Å²) in [6.07, 6.45) is 3.31. The molecule has 0 spiro atoms. The van der Waals surface area contributed by atoms with Crippen LogP contribution in [0.15, 0.2) is 72.3 Å². The van der Waals surface area contributed by atoms with Gasteiger partial charge in [0.2, 0.25) is 0 Å². The highest BCUT2D eigenvalue weighted by Gasteiger charge is 2.41. The van der Waals surface area contributed by atoms with Gasteiger partial charge in [0.1, 0.15) is 6.26 Å². The standard InChI is InChI=1S/C23H18N2O4/c1-3-25-12-15(14-8-4-5-9-16(14)25)20-21(23(27)24(2)22(20)26)19-13-28-17-10-6-7-11-18(17)29-19/h4-13H,3H2,1-2H3. The molecule has 0 saturated heterocycles. The zero-order valence-corrected chi connectivity index (χ0v) is 16.0. The summed E-state index contributed by atoms with van der Waals surface area (Å²) in [7, 11) is 1.48. The molecular formula is C23H18N2O4. The molecule has 1 aromatic heterocycles. The van der Waals surface area contributed by atoms with Gasteiger partial charge in [-0.3, -0.25) is 14.5 Å². The number of aromatic nitrogens is 1. The van der Waals surface area contributed by atoms with Crippen LogP contribution < -0.4 is 9.47 Å². The molecule has 3 heterocycles. The summed E-state index contributed by atoms with van der Waals surface area (Å²) in [6, 6.07) is 15.0. The molecule has 2 aliphatic heterocycles. The van der Waals surface area contributed by atoms with Crippen molar-refractivity contribution in [1.82, 2.24) is 9.47 Å². The predicted octanol–water partition coefficient (Wildman–Crippen LogP) is 3.73. The number of aryl methyl sites for hydroxylation is 1. The number of nitrogens with zero attached hydrogens (tertiary/aromatic N) is 2. The molecule has 0 radical (unpaired) electrons. The van der Waals surface area contributed by atoms with Crippen molar-refractivity contribution in [2.24, 2.45) is 0 Å². The lowest BCUT2D eigenvalue weighted by atomic mass is 10.00. The SMILES string of the molecule is CCn1cc(C2=C(C3=COc4ccccc4O3)C(=O)N(C)C2=O)c2ccccc21. The Balaban J connectivity index is 1.73. The molecule has 6 nitrogen and oxygen atoms in total. The number of benzene rings is 2. The van der Waals surface area contributed by atoms with E-state index in [1.165, 1.54) is 13.3 Å². The van der Waals surface area contributed by atoms with Crippen LogP contribution in [0.2, 0.25) is 0 Å². The van der Waals surface area contributed by atoms with E-state index >= 15 is 0 Å². The monoisotopic (exact) mass is 386 g/mol. The minimum atomic E-state index is -0.410. The van der Waals surface area contributed by atoms with Crippen LogP contribution in [0.25, 0.3) is 16.5 Å². The van der Waals surface area contributed by atoms with Crippen molar-refractivity contribution in [3.05, 3.63) is 77.9 Å². The minimum absolute atomic E-state index is 0.214. The number of amides is 2. The summed E-state index contributed by atoms with van der Waals surface area (Å²) in [5.74, 6) is 0.531. The second-order valence-electron chi connectivity index (χ2n) is 6.91. The molecule has 0 atom stereocenters. The van der Waals surface area contributed by atoms with Gasteiger partial charge < -0.3 is 14.0 Å². The number of ether oxygens (including phenoxy) is 2. The molecule has 0 aliphatic carbocycles. The lowest BCUT2D eigenvalue weighted by molar-refractivity contribution is -0.135. The lowest BCUT2D eigenvalue weighted by Crippen LogP contribution is -2.27. The minimum Gasteiger partial charge on any atom is -0.457 e. The highest BCUT2D eigenvalue weighted by Crippen LogP contribution is 2.40. The molecule has 2 aliphatic rings. The van der Waals surface area contributed by atoms with E-state index in [1.54, 1.807) is 12.1 Å². The summed E-state index contributed by atoms with van der Waals surface area (Å²) in [5.41, 5.74) is 2.26. The first-order chi connectivity index (χ1) is 14.1. The van der Waals surface area contributed by atoms with Crippen molar-refractivity contribution in [2.45, 2.75) is 13.5 Å². The summed E-state index contributed by atoms with van der Waals surface area (Å²) >= 11 is 0. The Morgan fingerprint density at radius 3 is 2.38 bits per heavy atom. The summed E-state index contributed by atoms with van der Waals surface area (Å²) in [4.78, 5) is 27.2. The summed E-state index contributed by atoms with van der Waals surface area (Å²) in [5, 5.41) is 0.913. The normalized spacial score (nSPS) is 16.1. The number of imide groups is 1. The number of fused-ring (bicyclic) bond motifs is 2. The van der Waals surface area contributed by atoms with E-state index in [9.17, 15) is 9.59 Å². The zero-order valence-electron chi connectivity index (χ0n) is 16.0. The van der Waals surface area contributed by atoms with Gasteiger partial charge in [-0.2, -0.15) is 0 Å². The second-order valence-corrected chi connectivity index (χ2v) is 6.91. The third-order valence-corrected chi connectivity index (χ3v) is 5.29. The first-order valence-corrected chi connectivity index (χ1v) is 9.39. The van der Waals surface area contributed by atoms with Gasteiger partial charge in [0.25, 0.3) is 11.8 Å². The van der Waals surface area contributed by atoms with Crippen LogP contribution in [0.5, 0.6) is 11.5 Å². The first kappa shape index (κ1) is 17.3. The van der Waals surface area contributed by atoms with Crippen LogP contribution in [-0.2, 0) is 16.1 Å². The van der Waals surface area contributed by atoms with E-state index in [0.717, 1.165) is 22.3 Å². The number of hydrogen-bond donors (Lipinski definition) is 0. The van der Waals surface area contributed by atoms with Crippen LogP contribution in [-0.4, -0.2) is 28.3 Å². The van der Waals surface area contributed by atoms with Gasteiger partial charge >= 0.3 is 0 Å². The molecule has 3 aromatic rings. The number of para-hydroxylation sites is 3. The topological polar surface area (TPSA) is 60.8 Å². The quantitative estimate of drug-likeness (QED) is 0.644. The van der Waals surface area contributed by atoms with Gasteiger partial charge in [0, 0.05) is 36.3 Å². The maximum Gasteiger partial charge on any atom is 0.265 e. The smallest absolute Gasteiger partial charge is 0.265 e. The van der Waals surface area contributed by atoms with E-state index in [-0.39, 0.29) is 17.2 Å². The van der Waals surface area contributed by atoms with Crippen molar-refractivity contribution in [3.63, 3.8) is 0 Å². The third-order valence-electron chi connectivity index (χ3n) is 5.29. The van der Waals surface area contributed by atoms with Crippen LogP contribution in [0.3, 0.4) is 0 Å². The van der Waals surface area contributed by atoms with Crippen molar-refractivity contribution in [3.8, 4) is 11.5 Å². The Kier molecular flexibility index (Phi) is 3.81. The molecule has 0 bridgehead atoms. The van der Waals surface area contributed by atoms with E-state index in [1.807, 2.05) is 49.5 Å². The molecule has 0 fully saturated rings. The van der Waals surface area contributed by atoms with E-state index < -0.39 is 5.91 Å². The summed E-state index contributed by atoms with van der Waals surface area (Å²) < 4.78 is 13.7. The van der Waals surface area contributed by atoms with Gasteiger partial charge in [-0.15, -0.1) is 0 Å². The number of rotatable bonds is 3. The fraction of sp³-hybridized carbons (Fsp3) is 0.130. The zero-order chi connectivity index (χ0) is 20.1. The fourth-order valence-electron chi connectivity index (χ4n) is 3.83. The van der Waals surface area contributed by atoms with Crippen molar-refractivity contribution in [2.75, 3.05) is 7.05 Å². The van der Waals surface area contributed by atoms with Crippen LogP contribution >= 0.6 is 0 Å². The number of likely N-dealkylation sites (N-methyl/N-ethyl adjacent to an activating group) is 1. The molecular weight excluding hydrogens is 368 g/mol. The Hall–Kier alpha value is -3.80. The van der Waals surface area contributed by atoms with E-state index in [2.05, 4.69) is 4.57 Å². The molecule has 6 heteroatoms. The third kappa shape index (κ3) is 2.49. The number of carbonyl (C=O) groups excluding carboxylic acids is 2. The van der Waals surface area contributed by atoms with E-state index in [0.29, 0.717) is 22.6 Å². The van der Waals surface area contributed by atoms with E-state index in [4.69, 9.17) is 9.47 Å². The Bertz CT molecular complexity index is 1250. The molecule has 5 rings (SSSR count). The molecule has 0 saturated carbocycles. The highest BCUT2D eigenvalue weighted by atomic mass is 16.6. The Morgan fingerprint density at radius 1 is 0.897 bits per heavy atom. The first-order valence-electron chi connectivity index (χ1n) is 9.39. The van der Waals surface area contributed by atoms with Gasteiger partial charge in [-0.05, 0) is 25.1 Å². The lowest BCUT2D eigenvalue weighted by Gasteiger charge is -2.18. The second kappa shape index (κ2) is 6.38. The van der Waals surface area contributed by atoms with Crippen molar-refractivity contribution in [1.29, 1.82) is 0 Å². The molecule has 0 N–H and O–H groups in total. The fourth-order valence-corrected chi connectivity index (χ4v) is 3.83. The molecule has 2 aromatic carbocycles. The predicted molar refractivity (Wildman–Crippen MR) is 108 cm³/mol. The highest BCUT2D eigenvalue weighted by molar-refractivity contribution is 6.38. The van der Waals surface area contributed by atoms with Crippen LogP contribution in [0.4, 0.5) is 0 Å². The average Bonchev–Trinajstić information content (AvgIpc) is 3.23. The molecule has 29 heavy (non-hydrogen) atoms. The largest absolute Gasteiger partial charge is 0.457 e. The Morgan fingerprint density at radius 2 is 1.59 bits per heavy atom. The number of carbonyl (C=O) groups is 2. The van der Waals surface area contributed by atoms with Gasteiger partial charge in [0.05, 0.1) is 11.1 Å². The summed E-state index contributed by atoms with van der Waals surface area (Å²) in [6.45, 7) is 2.79. The molecule has 2 amide bonds. The average molecular weight is 386 g/mol. The van der Waals surface area contributed by atoms with Gasteiger partial charge in [0.15, 0.2) is 17.3 Å². The Labute approximate surface area is 167 Å². The molecule has 144 valence electrons. The van der Waals surface area contributed by atoms with Crippen LogP contribution in [0, 0.1) is 0 Å². The van der Waals surface area contributed by atoms with Gasteiger partial charge in [-0.1, -0.05) is 30.3 Å². The maximum absolute atomic E-state index is 13.1. The number of hydrogen-bond acceptors (Lipinski definition) is 4. The van der Waals surface area contributed by atoms with Crippen molar-refractivity contribution >= 4 is 28.3 Å². The van der Waals surface area contributed by atoms with Gasteiger partial charge in [-0.25, -0.2) is 0 Å². The maximum atomic E-state index is 13.1. The molecule has 0 unspecified atom stereocenters.